The molecule has 4 aromatic carbocycles. The van der Waals surface area contributed by atoms with Crippen molar-refractivity contribution in [2.45, 2.75) is 19.8 Å². The van der Waals surface area contributed by atoms with E-state index in [0.29, 0.717) is 25.3 Å². The Labute approximate surface area is 198 Å². The minimum atomic E-state index is -0.433. The number of hydrogen-bond acceptors (Lipinski definition) is 3. The lowest BCUT2D eigenvalue weighted by Crippen LogP contribution is -2.11. The topological polar surface area (TPSA) is 66.5 Å². The molecule has 2 N–H and O–H groups in total. The highest BCUT2D eigenvalue weighted by molar-refractivity contribution is 6.18. The molecule has 0 aliphatic carbocycles. The van der Waals surface area contributed by atoms with E-state index >= 15 is 0 Å². The Morgan fingerprint density at radius 3 is 2.41 bits per heavy atom. The van der Waals surface area contributed by atoms with Gasteiger partial charge in [-0.15, -0.1) is 0 Å². The molecule has 0 fully saturated rings. The van der Waals surface area contributed by atoms with Gasteiger partial charge in [-0.25, -0.2) is 0 Å². The van der Waals surface area contributed by atoms with Crippen molar-refractivity contribution < 1.29 is 14.3 Å². The Morgan fingerprint density at radius 1 is 0.824 bits per heavy atom. The zero-order valence-electron chi connectivity index (χ0n) is 19.0. The lowest BCUT2D eigenvalue weighted by molar-refractivity contribution is 0.100. The van der Waals surface area contributed by atoms with E-state index in [1.165, 1.54) is 0 Å². The zero-order chi connectivity index (χ0) is 23.5. The number of nitrogens with zero attached hydrogens (tertiary/aromatic N) is 1. The summed E-state index contributed by atoms with van der Waals surface area (Å²) in [6, 6.07) is 30.1. The molecular formula is C29H26N2O3. The highest BCUT2D eigenvalue weighted by atomic mass is 16.5. The van der Waals surface area contributed by atoms with E-state index in [2.05, 4.69) is 28.8 Å². The number of methoxy groups -OCH3 is 1. The third-order valence-corrected chi connectivity index (χ3v) is 6.07. The average molecular weight is 451 g/mol. The summed E-state index contributed by atoms with van der Waals surface area (Å²) in [5, 5.41) is 1.86. The zero-order valence-corrected chi connectivity index (χ0v) is 19.0. The maximum absolute atomic E-state index is 12.2. The smallest absolute Gasteiger partial charge is 0.249 e. The van der Waals surface area contributed by atoms with Gasteiger partial charge in [-0.3, -0.25) is 4.79 Å². The van der Waals surface area contributed by atoms with Gasteiger partial charge in [-0.05, 0) is 35.4 Å². The maximum Gasteiger partial charge on any atom is 0.249 e. The van der Waals surface area contributed by atoms with Crippen molar-refractivity contribution in [2.75, 3.05) is 7.11 Å². The van der Waals surface area contributed by atoms with Crippen LogP contribution in [0.15, 0.2) is 91.0 Å². The van der Waals surface area contributed by atoms with Crippen LogP contribution in [0.4, 0.5) is 0 Å². The fourth-order valence-electron chi connectivity index (χ4n) is 4.50. The van der Waals surface area contributed by atoms with Gasteiger partial charge in [0.05, 0.1) is 18.7 Å². The Bertz CT molecular complexity index is 1470. The molecule has 0 aliphatic rings. The molecule has 0 saturated heterocycles. The number of nitrogens with two attached hydrogens (primary N) is 1. The Hall–Kier alpha value is -4.09. The van der Waals surface area contributed by atoms with Crippen LogP contribution in [0.2, 0.25) is 0 Å². The van der Waals surface area contributed by atoms with Crippen LogP contribution in [-0.4, -0.2) is 17.6 Å². The van der Waals surface area contributed by atoms with Crippen molar-refractivity contribution >= 4 is 27.7 Å². The number of amides is 1. The molecule has 1 amide bonds. The third kappa shape index (κ3) is 4.14. The van der Waals surface area contributed by atoms with Crippen LogP contribution < -0.4 is 10.5 Å². The Morgan fingerprint density at radius 2 is 1.62 bits per heavy atom. The SMILES string of the molecule is COCc1ccc2c3c(C(N)=O)cccc3n(Cc3ccccc3OCc3ccccc3)c2c1. The summed E-state index contributed by atoms with van der Waals surface area (Å²) in [6.07, 6.45) is 0. The first-order chi connectivity index (χ1) is 16.7. The van der Waals surface area contributed by atoms with Crippen LogP contribution >= 0.6 is 0 Å². The van der Waals surface area contributed by atoms with Gasteiger partial charge in [0, 0.05) is 34.5 Å². The molecule has 0 radical (unpaired) electrons. The summed E-state index contributed by atoms with van der Waals surface area (Å²) in [5.74, 6) is 0.401. The predicted octanol–water partition coefficient (Wildman–Crippen LogP) is 5.67. The van der Waals surface area contributed by atoms with Crippen molar-refractivity contribution in [1.29, 1.82) is 0 Å². The second-order valence-corrected chi connectivity index (χ2v) is 8.32. The van der Waals surface area contributed by atoms with E-state index in [1.807, 2.05) is 60.7 Å². The molecule has 0 aliphatic heterocycles. The molecule has 1 aromatic heterocycles. The normalized spacial score (nSPS) is 11.2. The van der Waals surface area contributed by atoms with Gasteiger partial charge >= 0.3 is 0 Å². The largest absolute Gasteiger partial charge is 0.489 e. The standard InChI is InChI=1S/C29H26N2O3/c1-33-18-21-14-15-23-26(16-21)31(25-12-7-11-24(28(23)25)29(30)32)17-22-10-5-6-13-27(22)34-19-20-8-3-2-4-9-20/h2-16H,17-19H2,1H3,(H2,30,32). The molecule has 1 heterocycles. The number of ether oxygens (including phenoxy) is 2. The maximum atomic E-state index is 12.2. The number of fused-ring (bicyclic) bond motifs is 3. The summed E-state index contributed by atoms with van der Waals surface area (Å²) >= 11 is 0. The van der Waals surface area contributed by atoms with Crippen molar-refractivity contribution in [3.63, 3.8) is 0 Å². The number of carbonyl (C=O) groups is 1. The Balaban J connectivity index is 1.62. The van der Waals surface area contributed by atoms with E-state index in [0.717, 1.165) is 44.2 Å². The molecule has 5 rings (SSSR count). The minimum absolute atomic E-state index is 0.433. The molecule has 0 bridgehead atoms. The molecular weight excluding hydrogens is 424 g/mol. The van der Waals surface area contributed by atoms with Gasteiger partial charge in [-0.2, -0.15) is 0 Å². The van der Waals surface area contributed by atoms with E-state index in [1.54, 1.807) is 13.2 Å². The van der Waals surface area contributed by atoms with E-state index in [4.69, 9.17) is 15.2 Å². The van der Waals surface area contributed by atoms with Crippen molar-refractivity contribution in [3.8, 4) is 5.75 Å². The first kappa shape index (κ1) is 21.7. The van der Waals surface area contributed by atoms with Gasteiger partial charge in [0.25, 0.3) is 0 Å². The summed E-state index contributed by atoms with van der Waals surface area (Å²) in [7, 11) is 1.69. The van der Waals surface area contributed by atoms with E-state index < -0.39 is 5.91 Å². The van der Waals surface area contributed by atoms with Crippen LogP contribution in [-0.2, 0) is 24.5 Å². The van der Waals surface area contributed by atoms with Crippen LogP contribution in [0.5, 0.6) is 5.75 Å². The minimum Gasteiger partial charge on any atom is -0.489 e. The first-order valence-electron chi connectivity index (χ1n) is 11.2. The monoisotopic (exact) mass is 450 g/mol. The second-order valence-electron chi connectivity index (χ2n) is 8.32. The Kier molecular flexibility index (Phi) is 6.02. The van der Waals surface area contributed by atoms with Crippen molar-refractivity contribution in [1.82, 2.24) is 4.57 Å². The van der Waals surface area contributed by atoms with Gasteiger partial charge < -0.3 is 19.8 Å². The molecule has 0 saturated carbocycles. The lowest BCUT2D eigenvalue weighted by Gasteiger charge is -2.14. The number of carbonyl (C=O) groups excluding carboxylic acids is 1. The number of aromatic nitrogens is 1. The molecule has 0 spiro atoms. The second kappa shape index (κ2) is 9.41. The number of hydrogen-bond donors (Lipinski definition) is 1. The molecule has 5 heteroatoms. The van der Waals surface area contributed by atoms with Crippen LogP contribution in [0.1, 0.15) is 27.0 Å². The summed E-state index contributed by atoms with van der Waals surface area (Å²) in [4.78, 5) is 12.2. The van der Waals surface area contributed by atoms with Crippen molar-refractivity contribution in [2.24, 2.45) is 5.73 Å². The molecule has 5 nitrogen and oxygen atoms in total. The van der Waals surface area contributed by atoms with Crippen LogP contribution in [0, 0.1) is 0 Å². The lowest BCUT2D eigenvalue weighted by atomic mass is 10.0. The fourth-order valence-corrected chi connectivity index (χ4v) is 4.50. The number of rotatable bonds is 8. The quantitative estimate of drug-likeness (QED) is 0.331. The predicted molar refractivity (Wildman–Crippen MR) is 135 cm³/mol. The van der Waals surface area contributed by atoms with Crippen LogP contribution in [0.25, 0.3) is 21.8 Å². The molecule has 0 unspecified atom stereocenters. The molecule has 5 aromatic rings. The van der Waals surface area contributed by atoms with Gasteiger partial charge in [0.2, 0.25) is 5.91 Å². The fraction of sp³-hybridized carbons (Fsp3) is 0.138. The molecule has 34 heavy (non-hydrogen) atoms. The average Bonchev–Trinajstić information content (AvgIpc) is 3.17. The summed E-state index contributed by atoms with van der Waals surface area (Å²) < 4.78 is 13.8. The van der Waals surface area contributed by atoms with E-state index in [9.17, 15) is 4.79 Å². The highest BCUT2D eigenvalue weighted by Crippen LogP contribution is 2.34. The third-order valence-electron chi connectivity index (χ3n) is 6.07. The molecule has 0 atom stereocenters. The van der Waals surface area contributed by atoms with Gasteiger partial charge in [0.1, 0.15) is 12.4 Å². The van der Waals surface area contributed by atoms with Gasteiger partial charge in [0.15, 0.2) is 0 Å². The highest BCUT2D eigenvalue weighted by Gasteiger charge is 2.18. The number of benzene rings is 4. The number of primary amides is 1. The molecule has 170 valence electrons. The summed E-state index contributed by atoms with van der Waals surface area (Å²) in [5.41, 5.74) is 11.5. The van der Waals surface area contributed by atoms with Crippen molar-refractivity contribution in [3.05, 3.63) is 113 Å². The number of para-hydroxylation sites is 1. The summed E-state index contributed by atoms with van der Waals surface area (Å²) in [6.45, 7) is 1.59. The van der Waals surface area contributed by atoms with Crippen LogP contribution in [0.3, 0.4) is 0 Å². The van der Waals surface area contributed by atoms with Gasteiger partial charge in [-0.1, -0.05) is 66.7 Å². The van der Waals surface area contributed by atoms with E-state index in [-0.39, 0.29) is 0 Å². The first-order valence-corrected chi connectivity index (χ1v) is 11.2.